The van der Waals surface area contributed by atoms with Crippen molar-refractivity contribution in [1.29, 1.82) is 0 Å². The summed E-state index contributed by atoms with van der Waals surface area (Å²) in [6.07, 6.45) is 0. The predicted molar refractivity (Wildman–Crippen MR) is 104 cm³/mol. The number of fused-ring (bicyclic) bond motifs is 2. The molecular weight excluding hydrogens is 316 g/mol. The molecule has 112 valence electrons. The number of halogens is 1. The molecule has 0 unspecified atom stereocenters. The molecule has 0 N–H and O–H groups in total. The van der Waals surface area contributed by atoms with E-state index in [1.165, 1.54) is 32.7 Å². The lowest BCUT2D eigenvalue weighted by atomic mass is 9.94. The largest absolute Gasteiger partial charge is 0.175 e. The summed E-state index contributed by atoms with van der Waals surface area (Å²) in [5.41, 5.74) is 3.05. The third kappa shape index (κ3) is 2.56. The van der Waals surface area contributed by atoms with E-state index < -0.39 is 8.83 Å². The molecule has 0 nitrogen and oxygen atoms in total. The van der Waals surface area contributed by atoms with Crippen molar-refractivity contribution in [2.24, 2.45) is 0 Å². The Labute approximate surface area is 143 Å². The smallest absolute Gasteiger partial charge is 0.137 e. The molecule has 0 aliphatic carbocycles. The lowest BCUT2D eigenvalue weighted by Gasteiger charge is -2.19. The highest BCUT2D eigenvalue weighted by atomic mass is 35.6. The molecule has 0 bridgehead atoms. The van der Waals surface area contributed by atoms with Crippen LogP contribution in [0.4, 0.5) is 0 Å². The fraction of sp³-hybridized carbons (Fsp3) is 0.0476. The third-order valence-electron chi connectivity index (χ3n) is 4.55. The monoisotopic (exact) mass is 332 g/mol. The van der Waals surface area contributed by atoms with Crippen molar-refractivity contribution in [3.05, 3.63) is 96.1 Å². The van der Waals surface area contributed by atoms with E-state index in [2.05, 4.69) is 84.9 Å². The second kappa shape index (κ2) is 6.19. The van der Waals surface area contributed by atoms with Crippen LogP contribution in [0.3, 0.4) is 0 Å². The molecule has 4 aromatic rings. The lowest BCUT2D eigenvalue weighted by Crippen LogP contribution is -2.07. The summed E-state index contributed by atoms with van der Waals surface area (Å²) in [6.45, 7) is 0. The molecule has 0 atom stereocenters. The number of benzene rings is 4. The summed E-state index contributed by atoms with van der Waals surface area (Å²) in [6, 6.07) is 30.3. The average Bonchev–Trinajstić information content (AvgIpc) is 2.63. The van der Waals surface area contributed by atoms with Crippen molar-refractivity contribution >= 4 is 41.5 Å². The van der Waals surface area contributed by atoms with Crippen molar-refractivity contribution in [2.45, 2.75) is 5.54 Å². The van der Waals surface area contributed by atoms with Gasteiger partial charge < -0.3 is 0 Å². The lowest BCUT2D eigenvalue weighted by molar-refractivity contribution is 1.17. The molecule has 0 saturated heterocycles. The van der Waals surface area contributed by atoms with Crippen molar-refractivity contribution < 1.29 is 0 Å². The molecule has 0 spiro atoms. The highest BCUT2D eigenvalue weighted by molar-refractivity contribution is 6.94. The molecule has 0 aliphatic rings. The van der Waals surface area contributed by atoms with Crippen LogP contribution in [0.25, 0.3) is 21.5 Å². The van der Waals surface area contributed by atoms with Crippen LogP contribution in [-0.4, -0.2) is 8.83 Å². The van der Waals surface area contributed by atoms with E-state index in [1.54, 1.807) is 0 Å². The molecule has 23 heavy (non-hydrogen) atoms. The van der Waals surface area contributed by atoms with Gasteiger partial charge in [0.05, 0.1) is 0 Å². The van der Waals surface area contributed by atoms with E-state index in [0.717, 1.165) is 0 Å². The van der Waals surface area contributed by atoms with Crippen LogP contribution in [0, 0.1) is 0 Å². The van der Waals surface area contributed by atoms with E-state index in [0.29, 0.717) is 5.54 Å². The van der Waals surface area contributed by atoms with Gasteiger partial charge in [-0.1, -0.05) is 84.9 Å². The van der Waals surface area contributed by atoms with Gasteiger partial charge in [0, 0.05) is 5.54 Å². The Morgan fingerprint density at radius 1 is 0.565 bits per heavy atom. The van der Waals surface area contributed by atoms with Gasteiger partial charge in [-0.15, -0.1) is 0 Å². The highest BCUT2D eigenvalue weighted by Crippen LogP contribution is 2.34. The first kappa shape index (κ1) is 14.5. The average molecular weight is 333 g/mol. The fourth-order valence-corrected chi connectivity index (χ4v) is 5.48. The Balaban J connectivity index is 1.97. The molecule has 4 rings (SSSR count). The van der Waals surface area contributed by atoms with Gasteiger partial charge in [0.15, 0.2) is 0 Å². The van der Waals surface area contributed by atoms with Crippen LogP contribution in [0.15, 0.2) is 84.9 Å². The maximum Gasteiger partial charge on any atom is 0.137 e. The Bertz CT molecular complexity index is 887. The van der Waals surface area contributed by atoms with Gasteiger partial charge in [-0.25, -0.2) is 0 Å². The van der Waals surface area contributed by atoms with Crippen LogP contribution >= 0.6 is 11.1 Å². The van der Waals surface area contributed by atoms with Crippen LogP contribution in [0.5, 0.6) is 0 Å². The molecule has 2 heteroatoms. The third-order valence-corrected chi connectivity index (χ3v) is 6.67. The predicted octanol–water partition coefficient (Wildman–Crippen LogP) is 5.41. The molecule has 0 radical (unpaired) electrons. The Kier molecular flexibility index (Phi) is 3.90. The summed E-state index contributed by atoms with van der Waals surface area (Å²) in [5.74, 6) is 0. The van der Waals surface area contributed by atoms with Crippen molar-refractivity contribution in [1.82, 2.24) is 0 Å². The van der Waals surface area contributed by atoms with Crippen molar-refractivity contribution in [3.63, 3.8) is 0 Å². The minimum atomic E-state index is -0.773. The minimum absolute atomic E-state index is 0.328. The van der Waals surface area contributed by atoms with Crippen molar-refractivity contribution in [2.75, 3.05) is 0 Å². The molecule has 0 saturated carbocycles. The zero-order valence-electron chi connectivity index (χ0n) is 12.7. The fourth-order valence-electron chi connectivity index (χ4n) is 3.44. The summed E-state index contributed by atoms with van der Waals surface area (Å²) in [5, 5.41) is 5.21. The minimum Gasteiger partial charge on any atom is -0.175 e. The molecule has 0 aliphatic heterocycles. The van der Waals surface area contributed by atoms with Gasteiger partial charge in [-0.2, -0.15) is 11.1 Å². The van der Waals surface area contributed by atoms with Crippen molar-refractivity contribution in [3.8, 4) is 0 Å². The second-order valence-electron chi connectivity index (χ2n) is 5.84. The topological polar surface area (TPSA) is 0 Å². The quantitative estimate of drug-likeness (QED) is 0.348. The summed E-state index contributed by atoms with van der Waals surface area (Å²) < 4.78 is 0. The normalized spacial score (nSPS) is 11.9. The van der Waals surface area contributed by atoms with Crippen LogP contribution in [0.2, 0.25) is 0 Å². The summed E-state index contributed by atoms with van der Waals surface area (Å²) in [7, 11) is -0.773. The van der Waals surface area contributed by atoms with E-state index in [4.69, 9.17) is 11.1 Å². The Hall–Kier alpha value is -2.09. The van der Waals surface area contributed by atoms with Crippen LogP contribution in [0.1, 0.15) is 16.7 Å². The SMILES string of the molecule is Cl[SiH2]C(c1cccc2ccccc12)c1cccc2ccccc12. The molecule has 0 aromatic heterocycles. The van der Waals surface area contributed by atoms with Gasteiger partial charge in [0.1, 0.15) is 8.83 Å². The van der Waals surface area contributed by atoms with E-state index in [9.17, 15) is 0 Å². The number of hydrogen-bond donors (Lipinski definition) is 0. The Morgan fingerprint density at radius 2 is 1.00 bits per heavy atom. The van der Waals surface area contributed by atoms with Crippen LogP contribution in [-0.2, 0) is 0 Å². The molecular formula is C21H17ClSi. The maximum atomic E-state index is 6.58. The maximum absolute atomic E-state index is 6.58. The molecule has 4 aromatic carbocycles. The van der Waals surface area contributed by atoms with Gasteiger partial charge in [0.25, 0.3) is 0 Å². The van der Waals surface area contributed by atoms with E-state index in [-0.39, 0.29) is 0 Å². The molecule has 0 fully saturated rings. The van der Waals surface area contributed by atoms with E-state index >= 15 is 0 Å². The summed E-state index contributed by atoms with van der Waals surface area (Å²) in [4.78, 5) is 0. The van der Waals surface area contributed by atoms with Gasteiger partial charge in [-0.3, -0.25) is 0 Å². The number of rotatable bonds is 3. The zero-order valence-corrected chi connectivity index (χ0v) is 14.9. The van der Waals surface area contributed by atoms with Gasteiger partial charge in [0.2, 0.25) is 0 Å². The van der Waals surface area contributed by atoms with Gasteiger partial charge >= 0.3 is 0 Å². The molecule has 0 heterocycles. The first-order chi connectivity index (χ1) is 11.4. The summed E-state index contributed by atoms with van der Waals surface area (Å²) >= 11 is 6.58. The second-order valence-corrected chi connectivity index (χ2v) is 7.89. The van der Waals surface area contributed by atoms with Crippen LogP contribution < -0.4 is 0 Å². The standard InChI is InChI=1S/C21H17ClSi/c22-23-21(19-13-5-9-15-7-1-3-11-17(15)19)20-14-6-10-16-8-2-4-12-18(16)20/h1-14,21H,23H2. The van der Waals surface area contributed by atoms with Gasteiger partial charge in [-0.05, 0) is 32.7 Å². The number of hydrogen-bond acceptors (Lipinski definition) is 0. The first-order valence-electron chi connectivity index (χ1n) is 7.90. The first-order valence-corrected chi connectivity index (χ1v) is 10.9. The highest BCUT2D eigenvalue weighted by Gasteiger charge is 2.18. The zero-order chi connectivity index (χ0) is 15.6. The Morgan fingerprint density at radius 3 is 1.48 bits per heavy atom. The molecule has 0 amide bonds. The van der Waals surface area contributed by atoms with E-state index in [1.807, 2.05) is 0 Å².